The Morgan fingerprint density at radius 3 is 2.59 bits per heavy atom. The van der Waals surface area contributed by atoms with Crippen LogP contribution in [0.4, 0.5) is 19.0 Å². The molecule has 3 aromatic heterocycles. The first-order valence-corrected chi connectivity index (χ1v) is 9.35. The summed E-state index contributed by atoms with van der Waals surface area (Å²) < 4.78 is 45.2. The standard InChI is InChI=1S/C19H20F3N5O2/c1-11-9-14(29-26-11)18(28)24-13-7-5-12(6-8-13)23-16-3-2-4-17-25-15(10-27(16)17)19(20,21)22/h2-4,9-10,12-13,23H,5-8H2,1H3,(H,24,28)/t12-,13+. The molecule has 0 aliphatic heterocycles. The first kappa shape index (κ1) is 19.3. The number of anilines is 1. The van der Waals surface area contributed by atoms with Gasteiger partial charge in [-0.15, -0.1) is 0 Å². The molecule has 4 rings (SSSR count). The van der Waals surface area contributed by atoms with Crippen molar-refractivity contribution in [3.8, 4) is 0 Å². The summed E-state index contributed by atoms with van der Waals surface area (Å²) in [6.45, 7) is 1.75. The highest BCUT2D eigenvalue weighted by Crippen LogP contribution is 2.30. The monoisotopic (exact) mass is 407 g/mol. The van der Waals surface area contributed by atoms with Crippen molar-refractivity contribution in [1.29, 1.82) is 0 Å². The Balaban J connectivity index is 1.37. The topological polar surface area (TPSA) is 84.5 Å². The molecule has 1 aliphatic carbocycles. The summed E-state index contributed by atoms with van der Waals surface area (Å²) >= 11 is 0. The van der Waals surface area contributed by atoms with Crippen molar-refractivity contribution in [2.45, 2.75) is 50.9 Å². The lowest BCUT2D eigenvalue weighted by molar-refractivity contribution is -0.140. The van der Waals surface area contributed by atoms with E-state index < -0.39 is 11.9 Å². The van der Waals surface area contributed by atoms with E-state index in [1.807, 2.05) is 0 Å². The van der Waals surface area contributed by atoms with Crippen LogP contribution in [0.2, 0.25) is 0 Å². The van der Waals surface area contributed by atoms with Crippen molar-refractivity contribution >= 4 is 17.4 Å². The van der Waals surface area contributed by atoms with Gasteiger partial charge in [-0.05, 0) is 44.7 Å². The molecule has 1 fully saturated rings. The second kappa shape index (κ2) is 7.41. The van der Waals surface area contributed by atoms with Crippen molar-refractivity contribution in [2.24, 2.45) is 0 Å². The number of pyridine rings is 1. The number of imidazole rings is 1. The smallest absolute Gasteiger partial charge is 0.368 e. The molecule has 0 unspecified atom stereocenters. The lowest BCUT2D eigenvalue weighted by Crippen LogP contribution is -2.40. The average Bonchev–Trinajstić information content (AvgIpc) is 3.30. The number of aromatic nitrogens is 3. The van der Waals surface area contributed by atoms with E-state index in [1.54, 1.807) is 25.1 Å². The Morgan fingerprint density at radius 2 is 1.93 bits per heavy atom. The van der Waals surface area contributed by atoms with Gasteiger partial charge in [-0.3, -0.25) is 9.20 Å². The number of aryl methyl sites for hydroxylation is 1. The van der Waals surface area contributed by atoms with E-state index in [0.29, 0.717) is 11.5 Å². The van der Waals surface area contributed by atoms with E-state index in [1.165, 1.54) is 10.5 Å². The minimum absolute atomic E-state index is 0.0202. The number of fused-ring (bicyclic) bond motifs is 1. The summed E-state index contributed by atoms with van der Waals surface area (Å²) in [6, 6.07) is 6.65. The van der Waals surface area contributed by atoms with Gasteiger partial charge < -0.3 is 15.2 Å². The third-order valence-electron chi connectivity index (χ3n) is 5.05. The minimum atomic E-state index is -4.48. The highest BCUT2D eigenvalue weighted by molar-refractivity contribution is 5.91. The molecule has 10 heteroatoms. The predicted octanol–water partition coefficient (Wildman–Crippen LogP) is 3.80. The van der Waals surface area contributed by atoms with E-state index in [9.17, 15) is 18.0 Å². The normalized spacial score (nSPS) is 20.0. The number of carbonyl (C=O) groups is 1. The number of nitrogens with one attached hydrogen (secondary N) is 2. The maximum atomic E-state index is 12.9. The summed E-state index contributed by atoms with van der Waals surface area (Å²) in [7, 11) is 0. The van der Waals surface area contributed by atoms with Gasteiger partial charge in [0.2, 0.25) is 5.76 Å². The van der Waals surface area contributed by atoms with Gasteiger partial charge in [0.25, 0.3) is 5.91 Å². The molecule has 3 aromatic rings. The molecule has 3 heterocycles. The van der Waals surface area contributed by atoms with Gasteiger partial charge in [0.15, 0.2) is 5.69 Å². The fraction of sp³-hybridized carbons (Fsp3) is 0.421. The summed E-state index contributed by atoms with van der Waals surface area (Å²) in [6.07, 6.45) is -0.422. The zero-order valence-electron chi connectivity index (χ0n) is 15.7. The van der Waals surface area contributed by atoms with Gasteiger partial charge in [-0.2, -0.15) is 13.2 Å². The zero-order chi connectivity index (χ0) is 20.6. The van der Waals surface area contributed by atoms with Crippen LogP contribution in [0, 0.1) is 6.92 Å². The number of carbonyl (C=O) groups excluding carboxylic acids is 1. The van der Waals surface area contributed by atoms with Crippen LogP contribution in [0.3, 0.4) is 0 Å². The van der Waals surface area contributed by atoms with Crippen molar-refractivity contribution in [3.05, 3.63) is 47.6 Å². The number of hydrogen-bond acceptors (Lipinski definition) is 5. The molecular formula is C19H20F3N5O2. The van der Waals surface area contributed by atoms with Crippen LogP contribution >= 0.6 is 0 Å². The molecule has 154 valence electrons. The molecule has 1 amide bonds. The number of rotatable bonds is 4. The SMILES string of the molecule is Cc1cc(C(=O)N[C@H]2CC[C@@H](Nc3cccc4nc(C(F)(F)F)cn34)CC2)on1. The maximum Gasteiger partial charge on any atom is 0.434 e. The highest BCUT2D eigenvalue weighted by atomic mass is 19.4. The van der Waals surface area contributed by atoms with Gasteiger partial charge in [0, 0.05) is 24.3 Å². The minimum Gasteiger partial charge on any atom is -0.368 e. The largest absolute Gasteiger partial charge is 0.434 e. The van der Waals surface area contributed by atoms with Gasteiger partial charge in [0.05, 0.1) is 5.69 Å². The molecule has 0 aromatic carbocycles. The molecule has 1 saturated carbocycles. The van der Waals surface area contributed by atoms with Crippen LogP contribution in [0.5, 0.6) is 0 Å². The quantitative estimate of drug-likeness (QED) is 0.687. The molecule has 1 aliphatic rings. The van der Waals surface area contributed by atoms with Crippen molar-refractivity contribution in [2.75, 3.05) is 5.32 Å². The third-order valence-corrected chi connectivity index (χ3v) is 5.05. The fourth-order valence-electron chi connectivity index (χ4n) is 3.58. The molecule has 29 heavy (non-hydrogen) atoms. The van der Waals surface area contributed by atoms with Crippen LogP contribution in [0.15, 0.2) is 35.0 Å². The lowest BCUT2D eigenvalue weighted by Gasteiger charge is -2.30. The summed E-state index contributed by atoms with van der Waals surface area (Å²) in [5.74, 6) is 0.468. The van der Waals surface area contributed by atoms with Crippen LogP contribution < -0.4 is 10.6 Å². The number of alkyl halides is 3. The number of halogens is 3. The Hall–Kier alpha value is -3.04. The second-order valence-electron chi connectivity index (χ2n) is 7.26. The molecule has 0 radical (unpaired) electrons. The predicted molar refractivity (Wildman–Crippen MR) is 98.6 cm³/mol. The first-order chi connectivity index (χ1) is 13.8. The number of nitrogens with zero attached hydrogens (tertiary/aromatic N) is 3. The van der Waals surface area contributed by atoms with Gasteiger partial charge in [-0.25, -0.2) is 4.98 Å². The molecule has 0 atom stereocenters. The Morgan fingerprint density at radius 1 is 1.21 bits per heavy atom. The van der Waals surface area contributed by atoms with Crippen molar-refractivity contribution in [1.82, 2.24) is 19.9 Å². The summed E-state index contributed by atoms with van der Waals surface area (Å²) in [5.41, 5.74) is -0.0307. The van der Waals surface area contributed by atoms with Crippen molar-refractivity contribution in [3.63, 3.8) is 0 Å². The molecular weight excluding hydrogens is 387 g/mol. The van der Waals surface area contributed by atoms with Crippen molar-refractivity contribution < 1.29 is 22.5 Å². The van der Waals surface area contributed by atoms with Crippen LogP contribution in [0.25, 0.3) is 5.65 Å². The molecule has 0 saturated heterocycles. The zero-order valence-corrected chi connectivity index (χ0v) is 15.7. The molecule has 2 N–H and O–H groups in total. The van der Waals surface area contributed by atoms with E-state index in [0.717, 1.165) is 31.9 Å². The average molecular weight is 407 g/mol. The number of amides is 1. The first-order valence-electron chi connectivity index (χ1n) is 9.35. The molecule has 7 nitrogen and oxygen atoms in total. The number of hydrogen-bond donors (Lipinski definition) is 2. The Labute approximate surface area is 164 Å². The van der Waals surface area contributed by atoms with Gasteiger partial charge in [-0.1, -0.05) is 11.2 Å². The second-order valence-corrected chi connectivity index (χ2v) is 7.26. The summed E-state index contributed by atoms with van der Waals surface area (Å²) in [5, 5.41) is 9.96. The highest BCUT2D eigenvalue weighted by Gasteiger charge is 2.34. The molecule has 0 spiro atoms. The third kappa shape index (κ3) is 4.20. The summed E-state index contributed by atoms with van der Waals surface area (Å²) in [4.78, 5) is 15.8. The van der Waals surface area contributed by atoms with Crippen LogP contribution in [-0.2, 0) is 6.18 Å². The molecule has 0 bridgehead atoms. The van der Waals surface area contributed by atoms with E-state index in [-0.39, 0.29) is 29.4 Å². The maximum absolute atomic E-state index is 12.9. The van der Waals surface area contributed by atoms with E-state index in [4.69, 9.17) is 4.52 Å². The van der Waals surface area contributed by atoms with Gasteiger partial charge >= 0.3 is 6.18 Å². The fourth-order valence-corrected chi connectivity index (χ4v) is 3.58. The Kier molecular flexibility index (Phi) is 4.93. The lowest BCUT2D eigenvalue weighted by atomic mass is 9.91. The van der Waals surface area contributed by atoms with E-state index >= 15 is 0 Å². The van der Waals surface area contributed by atoms with Gasteiger partial charge in [0.1, 0.15) is 11.5 Å². The van der Waals surface area contributed by atoms with Crippen LogP contribution in [0.1, 0.15) is 47.6 Å². The van der Waals surface area contributed by atoms with E-state index in [2.05, 4.69) is 20.8 Å². The Bertz CT molecular complexity index is 1020. The van der Waals surface area contributed by atoms with Crippen LogP contribution in [-0.4, -0.2) is 32.5 Å².